The van der Waals surface area contributed by atoms with Gasteiger partial charge in [0.1, 0.15) is 0 Å². The Hall–Kier alpha value is 0.230. The SMILES string of the molecule is COC1CNC[C@@H](SN)C1. The van der Waals surface area contributed by atoms with E-state index in [0.717, 1.165) is 19.5 Å². The average Bonchev–Trinajstić information content (AvgIpc) is 2.05. The normalized spacial score (nSPS) is 34.2. The van der Waals surface area contributed by atoms with Crippen molar-refractivity contribution in [3.05, 3.63) is 0 Å². The van der Waals surface area contributed by atoms with Crippen LogP contribution < -0.4 is 10.5 Å². The third-order valence-corrected chi connectivity index (χ3v) is 2.54. The van der Waals surface area contributed by atoms with Crippen LogP contribution in [0.5, 0.6) is 0 Å². The number of methoxy groups -OCH3 is 1. The predicted octanol–water partition coefficient (Wildman–Crippen LogP) is -0.0298. The Bertz CT molecular complexity index is 91.7. The van der Waals surface area contributed by atoms with Crippen LogP contribution in [0.25, 0.3) is 0 Å². The van der Waals surface area contributed by atoms with E-state index in [9.17, 15) is 0 Å². The quantitative estimate of drug-likeness (QED) is 0.560. The summed E-state index contributed by atoms with van der Waals surface area (Å²) in [5.74, 6) is 0. The van der Waals surface area contributed by atoms with Crippen molar-refractivity contribution in [2.24, 2.45) is 5.14 Å². The van der Waals surface area contributed by atoms with E-state index in [1.165, 1.54) is 11.9 Å². The Morgan fingerprint density at radius 3 is 3.00 bits per heavy atom. The lowest BCUT2D eigenvalue weighted by atomic mass is 10.1. The minimum absolute atomic E-state index is 0.356. The van der Waals surface area contributed by atoms with Crippen LogP contribution >= 0.6 is 11.9 Å². The lowest BCUT2D eigenvalue weighted by Gasteiger charge is -2.27. The zero-order valence-electron chi connectivity index (χ0n) is 6.17. The highest BCUT2D eigenvalue weighted by Crippen LogP contribution is 2.14. The number of ether oxygens (including phenoxy) is 1. The van der Waals surface area contributed by atoms with Gasteiger partial charge in [-0.2, -0.15) is 0 Å². The van der Waals surface area contributed by atoms with Crippen molar-refractivity contribution in [1.29, 1.82) is 0 Å². The van der Waals surface area contributed by atoms with Crippen LogP contribution in [0.15, 0.2) is 0 Å². The third-order valence-electron chi connectivity index (χ3n) is 1.80. The van der Waals surface area contributed by atoms with Gasteiger partial charge in [0, 0.05) is 25.4 Å². The molecule has 2 atom stereocenters. The molecule has 1 fully saturated rings. The van der Waals surface area contributed by atoms with Crippen LogP contribution in [0.3, 0.4) is 0 Å². The maximum absolute atomic E-state index is 5.44. The maximum atomic E-state index is 5.44. The Morgan fingerprint density at radius 2 is 2.40 bits per heavy atom. The van der Waals surface area contributed by atoms with Gasteiger partial charge in [0.25, 0.3) is 0 Å². The summed E-state index contributed by atoms with van der Waals surface area (Å²) in [6.07, 6.45) is 1.43. The van der Waals surface area contributed by atoms with Gasteiger partial charge >= 0.3 is 0 Å². The summed E-state index contributed by atoms with van der Waals surface area (Å²) in [7, 11) is 1.75. The van der Waals surface area contributed by atoms with E-state index in [2.05, 4.69) is 5.32 Å². The summed E-state index contributed by atoms with van der Waals surface area (Å²) >= 11 is 1.42. The van der Waals surface area contributed by atoms with E-state index >= 15 is 0 Å². The predicted molar refractivity (Wildman–Crippen MR) is 43.9 cm³/mol. The second kappa shape index (κ2) is 4.18. The molecule has 0 aliphatic carbocycles. The van der Waals surface area contributed by atoms with Gasteiger partial charge in [-0.3, -0.25) is 5.14 Å². The average molecular weight is 162 g/mol. The molecule has 4 heteroatoms. The maximum Gasteiger partial charge on any atom is 0.0707 e. The highest BCUT2D eigenvalue weighted by atomic mass is 32.2. The van der Waals surface area contributed by atoms with Gasteiger partial charge in [-0.1, -0.05) is 11.9 Å². The lowest BCUT2D eigenvalue weighted by Crippen LogP contribution is -2.42. The summed E-state index contributed by atoms with van der Waals surface area (Å²) < 4.78 is 5.19. The molecule has 1 unspecified atom stereocenters. The van der Waals surface area contributed by atoms with Crippen LogP contribution in [0, 0.1) is 0 Å². The number of nitrogens with two attached hydrogens (primary N) is 1. The molecule has 0 radical (unpaired) electrons. The molecule has 60 valence electrons. The van der Waals surface area contributed by atoms with E-state index in [0.29, 0.717) is 11.4 Å². The van der Waals surface area contributed by atoms with Crippen LogP contribution in [-0.4, -0.2) is 31.6 Å². The van der Waals surface area contributed by atoms with Gasteiger partial charge in [-0.25, -0.2) is 0 Å². The van der Waals surface area contributed by atoms with E-state index in [1.54, 1.807) is 7.11 Å². The third kappa shape index (κ3) is 2.12. The second-order valence-electron chi connectivity index (χ2n) is 2.51. The summed E-state index contributed by atoms with van der Waals surface area (Å²) in [6.45, 7) is 1.98. The summed E-state index contributed by atoms with van der Waals surface area (Å²) in [5.41, 5.74) is 0. The lowest BCUT2D eigenvalue weighted by molar-refractivity contribution is 0.0829. The Morgan fingerprint density at radius 1 is 1.60 bits per heavy atom. The molecule has 1 aliphatic rings. The van der Waals surface area contributed by atoms with Crippen molar-refractivity contribution >= 4 is 11.9 Å². The first-order valence-corrected chi connectivity index (χ1v) is 4.40. The highest BCUT2D eigenvalue weighted by molar-refractivity contribution is 7.97. The molecule has 1 rings (SSSR count). The molecule has 0 bridgehead atoms. The molecule has 0 aromatic rings. The van der Waals surface area contributed by atoms with Gasteiger partial charge in [-0.05, 0) is 6.42 Å². The smallest absolute Gasteiger partial charge is 0.0707 e. The summed E-state index contributed by atoms with van der Waals surface area (Å²) in [6, 6.07) is 0. The van der Waals surface area contributed by atoms with Crippen molar-refractivity contribution < 1.29 is 4.74 Å². The Balaban J connectivity index is 2.25. The monoisotopic (exact) mass is 162 g/mol. The van der Waals surface area contributed by atoms with E-state index in [4.69, 9.17) is 9.88 Å². The fourth-order valence-electron chi connectivity index (χ4n) is 1.15. The molecule has 0 amide bonds. The highest BCUT2D eigenvalue weighted by Gasteiger charge is 2.20. The van der Waals surface area contributed by atoms with Crippen molar-refractivity contribution in [3.8, 4) is 0 Å². The van der Waals surface area contributed by atoms with Gasteiger partial charge in [0.2, 0.25) is 0 Å². The Labute approximate surface area is 65.8 Å². The van der Waals surface area contributed by atoms with E-state index in [-0.39, 0.29) is 0 Å². The molecule has 0 saturated carbocycles. The minimum atomic E-state index is 0.356. The van der Waals surface area contributed by atoms with Crippen LogP contribution in [0.2, 0.25) is 0 Å². The fourth-order valence-corrected chi connectivity index (χ4v) is 1.69. The standard InChI is InChI=1S/C6H14N2OS/c1-9-5-2-6(10-7)4-8-3-5/h5-6,8H,2-4,7H2,1H3/t5?,6-/m0/s1. The van der Waals surface area contributed by atoms with Crippen molar-refractivity contribution in [2.45, 2.75) is 17.8 Å². The molecule has 0 aromatic heterocycles. The summed E-state index contributed by atoms with van der Waals surface area (Å²) in [4.78, 5) is 0. The fraction of sp³-hybridized carbons (Fsp3) is 1.00. The molecule has 0 spiro atoms. The second-order valence-corrected chi connectivity index (χ2v) is 3.45. The zero-order chi connectivity index (χ0) is 7.40. The first-order valence-electron chi connectivity index (χ1n) is 3.46. The number of piperidine rings is 1. The van der Waals surface area contributed by atoms with Crippen LogP contribution in [0.1, 0.15) is 6.42 Å². The van der Waals surface area contributed by atoms with Crippen molar-refractivity contribution in [3.63, 3.8) is 0 Å². The molecule has 3 N–H and O–H groups in total. The number of rotatable bonds is 2. The molecule has 0 aromatic carbocycles. The Kier molecular flexibility index (Phi) is 3.48. The van der Waals surface area contributed by atoms with Gasteiger partial charge < -0.3 is 10.1 Å². The van der Waals surface area contributed by atoms with Gasteiger partial charge in [0.05, 0.1) is 6.10 Å². The zero-order valence-corrected chi connectivity index (χ0v) is 6.99. The van der Waals surface area contributed by atoms with Gasteiger partial charge in [0.15, 0.2) is 0 Å². The number of hydrogen-bond acceptors (Lipinski definition) is 4. The largest absolute Gasteiger partial charge is 0.380 e. The van der Waals surface area contributed by atoms with E-state index < -0.39 is 0 Å². The molecule has 1 heterocycles. The number of hydrogen-bond donors (Lipinski definition) is 2. The topological polar surface area (TPSA) is 47.3 Å². The molecular formula is C6H14N2OS. The van der Waals surface area contributed by atoms with E-state index in [1.807, 2.05) is 0 Å². The first kappa shape index (κ1) is 8.33. The van der Waals surface area contributed by atoms with Crippen molar-refractivity contribution in [1.82, 2.24) is 5.32 Å². The molecule has 3 nitrogen and oxygen atoms in total. The molecule has 1 aliphatic heterocycles. The van der Waals surface area contributed by atoms with Crippen molar-refractivity contribution in [2.75, 3.05) is 20.2 Å². The van der Waals surface area contributed by atoms with Crippen LogP contribution in [0.4, 0.5) is 0 Å². The minimum Gasteiger partial charge on any atom is -0.380 e. The first-order chi connectivity index (χ1) is 4.86. The molecule has 10 heavy (non-hydrogen) atoms. The number of nitrogens with one attached hydrogen (secondary N) is 1. The molecular weight excluding hydrogens is 148 g/mol. The van der Waals surface area contributed by atoms with Gasteiger partial charge in [-0.15, -0.1) is 0 Å². The van der Waals surface area contributed by atoms with Crippen LogP contribution in [-0.2, 0) is 4.74 Å². The summed E-state index contributed by atoms with van der Waals surface area (Å²) in [5, 5.41) is 9.23. The molecule has 1 saturated heterocycles.